The molecule has 6 nitrogen and oxygen atoms in total. The number of amides is 2. The van der Waals surface area contributed by atoms with E-state index in [1.807, 2.05) is 0 Å². The minimum atomic E-state index is -1.45. The van der Waals surface area contributed by atoms with E-state index in [1.54, 1.807) is 0 Å². The van der Waals surface area contributed by atoms with Gasteiger partial charge in [-0.3, -0.25) is 9.59 Å². The highest BCUT2D eigenvalue weighted by atomic mass is 35.5. The minimum Gasteiger partial charge on any atom is -0.480 e. The molecule has 0 aromatic heterocycles. The van der Waals surface area contributed by atoms with Gasteiger partial charge in [0.2, 0.25) is 11.8 Å². The Hall–Kier alpha value is -2.41. The molecule has 0 spiro atoms. The number of benzene rings is 1. The number of hydrogen-bond acceptors (Lipinski definition) is 3. The first-order valence-corrected chi connectivity index (χ1v) is 6.12. The van der Waals surface area contributed by atoms with Crippen molar-refractivity contribution in [1.29, 1.82) is 0 Å². The molecule has 4 N–H and O–H groups in total. The predicted molar refractivity (Wildman–Crippen MR) is 73.8 cm³/mol. The van der Waals surface area contributed by atoms with E-state index in [-0.39, 0.29) is 10.6 Å². The molecule has 0 saturated carbocycles. The number of carbonyl (C=O) groups is 3. The second-order valence-electron chi connectivity index (χ2n) is 4.04. The van der Waals surface area contributed by atoms with Gasteiger partial charge in [-0.05, 0) is 18.2 Å². The van der Waals surface area contributed by atoms with Crippen LogP contribution in [0.4, 0.5) is 4.39 Å². The van der Waals surface area contributed by atoms with E-state index in [9.17, 15) is 18.8 Å². The van der Waals surface area contributed by atoms with Crippen molar-refractivity contribution >= 4 is 35.5 Å². The molecule has 0 radical (unpaired) electrons. The number of halogens is 2. The minimum absolute atomic E-state index is 0.00362. The number of aliphatic carboxylic acids is 1. The Kier molecular flexibility index (Phi) is 5.86. The molecule has 21 heavy (non-hydrogen) atoms. The molecule has 2 amide bonds. The van der Waals surface area contributed by atoms with E-state index in [1.165, 1.54) is 12.1 Å². The van der Waals surface area contributed by atoms with Crippen molar-refractivity contribution in [3.05, 3.63) is 40.7 Å². The van der Waals surface area contributed by atoms with Gasteiger partial charge in [0, 0.05) is 11.6 Å². The van der Waals surface area contributed by atoms with E-state index in [4.69, 9.17) is 22.4 Å². The molecule has 0 unspecified atom stereocenters. The largest absolute Gasteiger partial charge is 0.480 e. The summed E-state index contributed by atoms with van der Waals surface area (Å²) in [6.45, 7) is 0. The average Bonchev–Trinajstić information content (AvgIpc) is 2.36. The molecular weight excluding hydrogens is 303 g/mol. The van der Waals surface area contributed by atoms with Gasteiger partial charge in [0.1, 0.15) is 11.9 Å². The van der Waals surface area contributed by atoms with Gasteiger partial charge in [0.15, 0.2) is 0 Å². The maximum absolute atomic E-state index is 13.4. The second kappa shape index (κ2) is 7.39. The molecule has 1 aromatic carbocycles. The Bertz CT molecular complexity index is 584. The highest BCUT2D eigenvalue weighted by molar-refractivity contribution is 6.32. The van der Waals surface area contributed by atoms with E-state index < -0.39 is 36.1 Å². The summed E-state index contributed by atoms with van der Waals surface area (Å²) in [5.74, 6) is -3.72. The summed E-state index contributed by atoms with van der Waals surface area (Å²) in [5.41, 5.74) is 4.87. The zero-order valence-electron chi connectivity index (χ0n) is 10.7. The molecule has 112 valence electrons. The average molecular weight is 315 g/mol. The molecule has 0 aliphatic carbocycles. The third-order valence-electron chi connectivity index (χ3n) is 2.42. The molecule has 0 bridgehead atoms. The Labute approximate surface area is 124 Å². The smallest absolute Gasteiger partial charge is 0.326 e. The molecule has 0 heterocycles. The number of carboxylic acid groups (broad SMARTS) is 1. The summed E-state index contributed by atoms with van der Waals surface area (Å²) < 4.78 is 13.4. The van der Waals surface area contributed by atoms with Gasteiger partial charge in [0.05, 0.1) is 11.4 Å². The monoisotopic (exact) mass is 314 g/mol. The van der Waals surface area contributed by atoms with Crippen LogP contribution in [0.5, 0.6) is 0 Å². The Morgan fingerprint density at radius 3 is 2.62 bits per heavy atom. The zero-order chi connectivity index (χ0) is 16.0. The fourth-order valence-electron chi connectivity index (χ4n) is 1.45. The first kappa shape index (κ1) is 16.6. The van der Waals surface area contributed by atoms with Crippen molar-refractivity contribution in [3.8, 4) is 0 Å². The van der Waals surface area contributed by atoms with Crippen molar-refractivity contribution in [2.45, 2.75) is 12.5 Å². The van der Waals surface area contributed by atoms with Crippen LogP contribution >= 0.6 is 11.6 Å². The van der Waals surface area contributed by atoms with Crippen LogP contribution in [-0.4, -0.2) is 28.9 Å². The summed E-state index contributed by atoms with van der Waals surface area (Å²) >= 11 is 5.76. The topological polar surface area (TPSA) is 109 Å². The summed E-state index contributed by atoms with van der Waals surface area (Å²) in [5, 5.41) is 11.0. The molecule has 0 aliphatic heterocycles. The number of rotatable bonds is 6. The summed E-state index contributed by atoms with van der Waals surface area (Å²) in [6, 6.07) is 2.56. The quantitative estimate of drug-likeness (QED) is 0.679. The van der Waals surface area contributed by atoms with Gasteiger partial charge in [-0.1, -0.05) is 17.7 Å². The molecule has 0 fully saturated rings. The van der Waals surface area contributed by atoms with Crippen LogP contribution in [0.3, 0.4) is 0 Å². The lowest BCUT2D eigenvalue weighted by Crippen LogP contribution is -2.42. The molecule has 1 atom stereocenters. The van der Waals surface area contributed by atoms with Gasteiger partial charge >= 0.3 is 5.97 Å². The van der Waals surface area contributed by atoms with Crippen LogP contribution in [0.2, 0.25) is 5.02 Å². The maximum Gasteiger partial charge on any atom is 0.326 e. The third-order valence-corrected chi connectivity index (χ3v) is 2.75. The number of primary amides is 1. The van der Waals surface area contributed by atoms with Crippen LogP contribution in [0.15, 0.2) is 24.3 Å². The fourth-order valence-corrected chi connectivity index (χ4v) is 1.68. The van der Waals surface area contributed by atoms with Crippen molar-refractivity contribution in [1.82, 2.24) is 5.32 Å². The van der Waals surface area contributed by atoms with Gasteiger partial charge in [-0.15, -0.1) is 0 Å². The Morgan fingerprint density at radius 2 is 2.10 bits per heavy atom. The SMILES string of the molecule is NC(=O)C[C@H](NC(=O)C=Cc1c(F)cccc1Cl)C(=O)O. The predicted octanol–water partition coefficient (Wildman–Crippen LogP) is 0.937. The van der Waals surface area contributed by atoms with Crippen LogP contribution < -0.4 is 11.1 Å². The van der Waals surface area contributed by atoms with E-state index in [2.05, 4.69) is 5.32 Å². The van der Waals surface area contributed by atoms with Crippen molar-refractivity contribution in [2.24, 2.45) is 5.73 Å². The number of hydrogen-bond donors (Lipinski definition) is 3. The van der Waals surface area contributed by atoms with E-state index in [0.717, 1.165) is 18.2 Å². The van der Waals surface area contributed by atoms with E-state index in [0.29, 0.717) is 0 Å². The molecule has 1 rings (SSSR count). The van der Waals surface area contributed by atoms with Gasteiger partial charge in [0.25, 0.3) is 0 Å². The van der Waals surface area contributed by atoms with E-state index >= 15 is 0 Å². The highest BCUT2D eigenvalue weighted by Crippen LogP contribution is 2.20. The third kappa shape index (κ3) is 5.23. The first-order chi connectivity index (χ1) is 9.81. The van der Waals surface area contributed by atoms with Crippen molar-refractivity contribution in [3.63, 3.8) is 0 Å². The lowest BCUT2D eigenvalue weighted by atomic mass is 10.1. The number of carboxylic acids is 1. The standard InChI is InChI=1S/C13H12ClFN2O4/c14-8-2-1-3-9(15)7(8)4-5-12(19)17-10(13(20)21)6-11(16)18/h1-5,10H,6H2,(H2,16,18)(H,17,19)(H,20,21)/t10-/m0/s1. The molecule has 1 aromatic rings. The summed E-state index contributed by atoms with van der Waals surface area (Å²) in [4.78, 5) is 33.1. The number of nitrogens with one attached hydrogen (secondary N) is 1. The van der Waals surface area contributed by atoms with Crippen LogP contribution in [0, 0.1) is 5.82 Å². The van der Waals surface area contributed by atoms with Gasteiger partial charge < -0.3 is 16.2 Å². The first-order valence-electron chi connectivity index (χ1n) is 5.75. The fraction of sp³-hybridized carbons (Fsp3) is 0.154. The number of carbonyl (C=O) groups excluding carboxylic acids is 2. The normalized spacial score (nSPS) is 12.1. The zero-order valence-corrected chi connectivity index (χ0v) is 11.4. The van der Waals surface area contributed by atoms with Crippen molar-refractivity contribution < 1.29 is 23.9 Å². The van der Waals surface area contributed by atoms with Gasteiger partial charge in [-0.2, -0.15) is 0 Å². The maximum atomic E-state index is 13.4. The molecule has 0 saturated heterocycles. The van der Waals surface area contributed by atoms with Gasteiger partial charge in [-0.25, -0.2) is 9.18 Å². The lowest BCUT2D eigenvalue weighted by Gasteiger charge is -2.10. The van der Waals surface area contributed by atoms with Crippen LogP contribution in [0.1, 0.15) is 12.0 Å². The summed E-state index contributed by atoms with van der Waals surface area (Å²) in [6.07, 6.45) is 1.48. The number of nitrogens with two attached hydrogens (primary N) is 1. The lowest BCUT2D eigenvalue weighted by molar-refractivity contribution is -0.142. The molecule has 0 aliphatic rings. The Balaban J connectivity index is 2.78. The molecule has 8 heteroatoms. The highest BCUT2D eigenvalue weighted by Gasteiger charge is 2.21. The van der Waals surface area contributed by atoms with Crippen LogP contribution in [-0.2, 0) is 14.4 Å². The van der Waals surface area contributed by atoms with Crippen molar-refractivity contribution in [2.75, 3.05) is 0 Å². The Morgan fingerprint density at radius 1 is 1.43 bits per heavy atom. The molecular formula is C13H12ClFN2O4. The summed E-state index contributed by atoms with van der Waals surface area (Å²) in [7, 11) is 0. The van der Waals surface area contributed by atoms with Crippen LogP contribution in [0.25, 0.3) is 6.08 Å². The second-order valence-corrected chi connectivity index (χ2v) is 4.45.